The van der Waals surface area contributed by atoms with Crippen molar-refractivity contribution in [1.82, 2.24) is 19.4 Å². The molecule has 1 aliphatic carbocycles. The van der Waals surface area contributed by atoms with E-state index >= 15 is 0 Å². The Morgan fingerprint density at radius 3 is 2.53 bits per heavy atom. The van der Waals surface area contributed by atoms with E-state index in [-0.39, 0.29) is 12.0 Å². The monoisotopic (exact) mass is 425 g/mol. The molecule has 160 valence electrons. The van der Waals surface area contributed by atoms with E-state index in [4.69, 9.17) is 15.9 Å². The smallest absolute Gasteiger partial charge is 0.271 e. The molecule has 1 aliphatic rings. The van der Waals surface area contributed by atoms with Gasteiger partial charge in [-0.1, -0.05) is 36.4 Å². The summed E-state index contributed by atoms with van der Waals surface area (Å²) in [5.41, 5.74) is 11.1. The van der Waals surface area contributed by atoms with Crippen LogP contribution in [0, 0.1) is 0 Å². The lowest BCUT2D eigenvalue weighted by atomic mass is 9.94. The van der Waals surface area contributed by atoms with Gasteiger partial charge in [0.1, 0.15) is 5.69 Å². The van der Waals surface area contributed by atoms with Crippen LogP contribution in [-0.2, 0) is 4.79 Å². The number of rotatable bonds is 5. The SMILES string of the molecule is NC(=O)CC1=C(n2nc(-c3c(-c4ccccc4)nn4ccccc34)ccc2=O)CCCC1. The molecule has 3 aromatic heterocycles. The average Bonchev–Trinajstić information content (AvgIpc) is 3.20. The van der Waals surface area contributed by atoms with Gasteiger partial charge in [0.25, 0.3) is 5.56 Å². The van der Waals surface area contributed by atoms with Crippen LogP contribution in [0.1, 0.15) is 32.1 Å². The summed E-state index contributed by atoms with van der Waals surface area (Å²) < 4.78 is 3.28. The van der Waals surface area contributed by atoms with Gasteiger partial charge in [-0.2, -0.15) is 10.2 Å². The Hall–Kier alpha value is -4.00. The minimum absolute atomic E-state index is 0.152. The number of nitrogens with two attached hydrogens (primary N) is 1. The first-order valence-corrected chi connectivity index (χ1v) is 10.7. The van der Waals surface area contributed by atoms with Crippen LogP contribution in [-0.4, -0.2) is 25.3 Å². The molecule has 4 aromatic rings. The van der Waals surface area contributed by atoms with Crippen LogP contribution in [0.2, 0.25) is 0 Å². The third-order valence-corrected chi connectivity index (χ3v) is 5.84. The number of hydrogen-bond acceptors (Lipinski definition) is 4. The van der Waals surface area contributed by atoms with E-state index in [1.54, 1.807) is 6.07 Å². The third-order valence-electron chi connectivity index (χ3n) is 5.84. The Morgan fingerprint density at radius 2 is 1.72 bits per heavy atom. The summed E-state index contributed by atoms with van der Waals surface area (Å²) in [6, 6.07) is 19.1. The third kappa shape index (κ3) is 3.62. The predicted molar refractivity (Wildman–Crippen MR) is 124 cm³/mol. The fraction of sp³-hybridized carbons (Fsp3) is 0.200. The Bertz CT molecular complexity index is 1400. The van der Waals surface area contributed by atoms with Crippen molar-refractivity contribution in [2.24, 2.45) is 5.73 Å². The Morgan fingerprint density at radius 1 is 0.938 bits per heavy atom. The van der Waals surface area contributed by atoms with E-state index in [0.29, 0.717) is 12.1 Å². The van der Waals surface area contributed by atoms with Gasteiger partial charge in [-0.3, -0.25) is 9.59 Å². The molecule has 0 bridgehead atoms. The van der Waals surface area contributed by atoms with Crippen LogP contribution < -0.4 is 11.3 Å². The van der Waals surface area contributed by atoms with E-state index in [9.17, 15) is 9.59 Å². The molecule has 3 heterocycles. The molecular formula is C25H23N5O2. The summed E-state index contributed by atoms with van der Waals surface area (Å²) in [4.78, 5) is 24.4. The summed E-state index contributed by atoms with van der Waals surface area (Å²) in [5, 5.41) is 9.57. The molecule has 0 fully saturated rings. The Balaban J connectivity index is 1.73. The zero-order valence-electron chi connectivity index (χ0n) is 17.6. The van der Waals surface area contributed by atoms with Crippen LogP contribution in [0.15, 0.2) is 77.2 Å². The number of allylic oxidation sites excluding steroid dienone is 1. The van der Waals surface area contributed by atoms with Gasteiger partial charge in [-0.05, 0) is 49.5 Å². The molecule has 2 N–H and O–H groups in total. The maximum absolute atomic E-state index is 12.8. The molecule has 1 aromatic carbocycles. The zero-order valence-corrected chi connectivity index (χ0v) is 17.6. The number of carbonyl (C=O) groups is 1. The highest BCUT2D eigenvalue weighted by Crippen LogP contribution is 2.34. The van der Waals surface area contributed by atoms with Crippen molar-refractivity contribution >= 4 is 17.1 Å². The van der Waals surface area contributed by atoms with Gasteiger partial charge in [-0.15, -0.1) is 0 Å². The van der Waals surface area contributed by atoms with Gasteiger partial charge in [0.05, 0.1) is 16.8 Å². The molecule has 1 amide bonds. The normalized spacial score (nSPS) is 14.1. The maximum Gasteiger partial charge on any atom is 0.271 e. The van der Waals surface area contributed by atoms with Gasteiger partial charge < -0.3 is 5.73 Å². The molecular weight excluding hydrogens is 402 g/mol. The zero-order chi connectivity index (χ0) is 22.1. The number of aromatic nitrogens is 4. The number of amides is 1. The van der Waals surface area contributed by atoms with Crippen molar-refractivity contribution in [3.63, 3.8) is 0 Å². The Labute approximate surface area is 184 Å². The second-order valence-corrected chi connectivity index (χ2v) is 7.99. The summed E-state index contributed by atoms with van der Waals surface area (Å²) in [5.74, 6) is -0.391. The highest BCUT2D eigenvalue weighted by molar-refractivity contribution is 5.90. The quantitative estimate of drug-likeness (QED) is 0.525. The molecule has 0 aliphatic heterocycles. The minimum Gasteiger partial charge on any atom is -0.369 e. The second kappa shape index (κ2) is 8.26. The fourth-order valence-corrected chi connectivity index (χ4v) is 4.40. The van der Waals surface area contributed by atoms with Crippen LogP contribution in [0.3, 0.4) is 0 Å². The van der Waals surface area contributed by atoms with E-state index in [0.717, 1.165) is 52.9 Å². The minimum atomic E-state index is -0.391. The van der Waals surface area contributed by atoms with Crippen molar-refractivity contribution < 1.29 is 4.79 Å². The summed E-state index contributed by atoms with van der Waals surface area (Å²) >= 11 is 0. The molecule has 7 heteroatoms. The standard InChI is InChI=1S/C25H23N5O2/c26-22(31)16-18-10-4-5-11-20(18)30-23(32)14-13-19(27-30)24-21-12-6-7-15-29(21)28-25(24)17-8-2-1-3-9-17/h1-3,6-9,12-15H,4-5,10-11,16H2,(H2,26,31). The van der Waals surface area contributed by atoms with Crippen molar-refractivity contribution in [3.05, 3.63) is 82.8 Å². The number of hydrogen-bond donors (Lipinski definition) is 1. The van der Waals surface area contributed by atoms with E-state index < -0.39 is 5.91 Å². The lowest BCUT2D eigenvalue weighted by molar-refractivity contribution is -0.117. The number of fused-ring (bicyclic) bond motifs is 1. The second-order valence-electron chi connectivity index (χ2n) is 7.99. The van der Waals surface area contributed by atoms with Gasteiger partial charge in [0.2, 0.25) is 5.91 Å². The molecule has 32 heavy (non-hydrogen) atoms. The summed E-state index contributed by atoms with van der Waals surface area (Å²) in [7, 11) is 0. The van der Waals surface area contributed by atoms with Crippen LogP contribution in [0.25, 0.3) is 33.7 Å². The van der Waals surface area contributed by atoms with Crippen LogP contribution >= 0.6 is 0 Å². The number of benzene rings is 1. The molecule has 0 saturated heterocycles. The first-order valence-electron chi connectivity index (χ1n) is 10.7. The van der Waals surface area contributed by atoms with Crippen LogP contribution in [0.5, 0.6) is 0 Å². The molecule has 0 spiro atoms. The molecule has 0 atom stereocenters. The highest BCUT2D eigenvalue weighted by Gasteiger charge is 2.21. The largest absolute Gasteiger partial charge is 0.369 e. The summed E-state index contributed by atoms with van der Waals surface area (Å²) in [6.07, 6.45) is 5.42. The number of primary amides is 1. The van der Waals surface area contributed by atoms with Crippen molar-refractivity contribution in [2.75, 3.05) is 0 Å². The molecule has 7 nitrogen and oxygen atoms in total. The Kier molecular flexibility index (Phi) is 5.15. The first kappa shape index (κ1) is 19.9. The lowest BCUT2D eigenvalue weighted by Gasteiger charge is -2.20. The molecule has 0 saturated carbocycles. The van der Waals surface area contributed by atoms with Crippen molar-refractivity contribution in [3.8, 4) is 22.5 Å². The van der Waals surface area contributed by atoms with Gasteiger partial charge >= 0.3 is 0 Å². The first-order chi connectivity index (χ1) is 15.6. The summed E-state index contributed by atoms with van der Waals surface area (Å²) in [6.45, 7) is 0. The molecule has 0 radical (unpaired) electrons. The fourth-order valence-electron chi connectivity index (χ4n) is 4.40. The van der Waals surface area contributed by atoms with Crippen LogP contribution in [0.4, 0.5) is 0 Å². The van der Waals surface area contributed by atoms with Gasteiger partial charge in [0, 0.05) is 29.9 Å². The van der Waals surface area contributed by atoms with E-state index in [1.165, 1.54) is 10.7 Å². The predicted octanol–water partition coefficient (Wildman–Crippen LogP) is 3.89. The molecule has 0 unspecified atom stereocenters. The van der Waals surface area contributed by atoms with Gasteiger partial charge in [-0.25, -0.2) is 9.20 Å². The van der Waals surface area contributed by atoms with E-state index in [2.05, 4.69) is 0 Å². The maximum atomic E-state index is 12.8. The lowest BCUT2D eigenvalue weighted by Crippen LogP contribution is -2.25. The van der Waals surface area contributed by atoms with Gasteiger partial charge in [0.15, 0.2) is 0 Å². The van der Waals surface area contributed by atoms with E-state index in [1.807, 2.05) is 59.2 Å². The number of pyridine rings is 1. The highest BCUT2D eigenvalue weighted by atomic mass is 16.1. The molecule has 5 rings (SSSR count). The number of nitrogens with zero attached hydrogens (tertiary/aromatic N) is 4. The number of carbonyl (C=O) groups excluding carboxylic acids is 1. The average molecular weight is 425 g/mol. The topological polar surface area (TPSA) is 95.3 Å². The van der Waals surface area contributed by atoms with Crippen molar-refractivity contribution in [2.45, 2.75) is 32.1 Å². The van der Waals surface area contributed by atoms with Crippen molar-refractivity contribution in [1.29, 1.82) is 0 Å².